The Morgan fingerprint density at radius 2 is 2.35 bits per heavy atom. The van der Waals surface area contributed by atoms with E-state index in [-0.39, 0.29) is 11.9 Å². The van der Waals surface area contributed by atoms with Gasteiger partial charge in [0, 0.05) is 27.7 Å². The molecule has 4 nitrogen and oxygen atoms in total. The van der Waals surface area contributed by atoms with Crippen LogP contribution in [-0.4, -0.2) is 37.0 Å². The molecule has 0 aliphatic carbocycles. The van der Waals surface area contributed by atoms with Gasteiger partial charge in [0.15, 0.2) is 0 Å². The fourth-order valence-corrected chi connectivity index (χ4v) is 3.86. The van der Waals surface area contributed by atoms with E-state index in [2.05, 4.69) is 17.3 Å². The highest BCUT2D eigenvalue weighted by Gasteiger charge is 2.24. The lowest BCUT2D eigenvalue weighted by atomic mass is 10.2. The van der Waals surface area contributed by atoms with E-state index in [4.69, 9.17) is 17.3 Å². The molecule has 0 saturated carbocycles. The Hall–Kier alpha value is -1.30. The number of nitrogen functional groups attached to an aromatic ring is 1. The van der Waals surface area contributed by atoms with Gasteiger partial charge in [0.2, 0.25) is 0 Å². The van der Waals surface area contributed by atoms with Crippen molar-refractivity contribution in [2.75, 3.05) is 25.9 Å². The molecule has 0 bridgehead atoms. The number of likely N-dealkylation sites (N-methyl/N-ethyl adjacent to an activating group) is 1. The summed E-state index contributed by atoms with van der Waals surface area (Å²) >= 11 is 7.37. The zero-order valence-electron chi connectivity index (χ0n) is 11.1. The Morgan fingerprint density at radius 1 is 1.55 bits per heavy atom. The Kier molecular flexibility index (Phi) is 3.58. The van der Waals surface area contributed by atoms with Gasteiger partial charge in [0.1, 0.15) is 4.88 Å². The first-order valence-corrected chi connectivity index (χ1v) is 7.71. The summed E-state index contributed by atoms with van der Waals surface area (Å²) in [6.45, 7) is 1.91. The number of nitrogens with one attached hydrogen (secondary N) is 1. The third-order valence-corrected chi connectivity index (χ3v) is 5.03. The van der Waals surface area contributed by atoms with Crippen LogP contribution in [0.25, 0.3) is 10.1 Å². The van der Waals surface area contributed by atoms with Crippen LogP contribution in [0.2, 0.25) is 5.02 Å². The van der Waals surface area contributed by atoms with Gasteiger partial charge in [-0.15, -0.1) is 11.3 Å². The predicted molar refractivity (Wildman–Crippen MR) is 84.6 cm³/mol. The minimum absolute atomic E-state index is 0.0832. The number of benzene rings is 1. The molecule has 1 aliphatic rings. The highest BCUT2D eigenvalue weighted by Crippen LogP contribution is 2.35. The number of likely N-dealkylation sites (tertiary alicyclic amines) is 1. The Balaban J connectivity index is 1.86. The van der Waals surface area contributed by atoms with Crippen molar-refractivity contribution in [2.45, 2.75) is 12.5 Å². The third kappa shape index (κ3) is 2.49. The van der Waals surface area contributed by atoms with E-state index in [0.717, 1.165) is 29.6 Å². The molecule has 1 aromatic carbocycles. The monoisotopic (exact) mass is 309 g/mol. The van der Waals surface area contributed by atoms with Gasteiger partial charge < -0.3 is 16.0 Å². The molecule has 0 spiro atoms. The Bertz CT molecular complexity index is 670. The van der Waals surface area contributed by atoms with Crippen molar-refractivity contribution >= 4 is 44.6 Å². The van der Waals surface area contributed by atoms with Crippen LogP contribution in [0.1, 0.15) is 16.1 Å². The molecule has 1 fully saturated rings. The summed E-state index contributed by atoms with van der Waals surface area (Å²) in [6, 6.07) is 5.71. The van der Waals surface area contributed by atoms with Crippen molar-refractivity contribution in [3.05, 3.63) is 28.1 Å². The highest BCUT2D eigenvalue weighted by atomic mass is 35.5. The van der Waals surface area contributed by atoms with Gasteiger partial charge >= 0.3 is 0 Å². The average molecular weight is 310 g/mol. The molecular weight excluding hydrogens is 294 g/mol. The zero-order valence-corrected chi connectivity index (χ0v) is 12.7. The van der Waals surface area contributed by atoms with Crippen LogP contribution < -0.4 is 11.1 Å². The maximum absolute atomic E-state index is 12.4. The quantitative estimate of drug-likeness (QED) is 0.896. The number of amides is 1. The molecule has 3 rings (SSSR count). The minimum atomic E-state index is -0.0832. The first-order chi connectivity index (χ1) is 9.54. The number of rotatable bonds is 2. The van der Waals surface area contributed by atoms with E-state index in [0.29, 0.717) is 15.6 Å². The molecule has 106 valence electrons. The maximum atomic E-state index is 12.4. The Morgan fingerprint density at radius 3 is 3.05 bits per heavy atom. The lowest BCUT2D eigenvalue weighted by Crippen LogP contribution is -2.36. The number of nitrogens with zero attached hydrogens (tertiary/aromatic N) is 1. The number of halogens is 1. The molecule has 3 N–H and O–H groups in total. The second kappa shape index (κ2) is 5.24. The molecular formula is C14H16ClN3OS. The first kappa shape index (κ1) is 13.7. The summed E-state index contributed by atoms with van der Waals surface area (Å²) in [7, 11) is 2.06. The summed E-state index contributed by atoms with van der Waals surface area (Å²) < 4.78 is 0.948. The van der Waals surface area contributed by atoms with E-state index in [1.807, 2.05) is 12.1 Å². The van der Waals surface area contributed by atoms with Crippen molar-refractivity contribution in [3.8, 4) is 0 Å². The predicted octanol–water partition coefficient (Wildman–Crippen LogP) is 2.57. The smallest absolute Gasteiger partial charge is 0.263 e. The molecule has 2 aromatic rings. The summed E-state index contributed by atoms with van der Waals surface area (Å²) in [5.41, 5.74) is 6.63. The molecule has 20 heavy (non-hydrogen) atoms. The number of hydrogen-bond donors (Lipinski definition) is 2. The summed E-state index contributed by atoms with van der Waals surface area (Å²) in [4.78, 5) is 15.1. The lowest BCUT2D eigenvalue weighted by molar-refractivity contribution is 0.0943. The number of carbonyl (C=O) groups excluding carboxylic acids is 1. The standard InChI is InChI=1S/C14H16ClN3OS/c1-18-5-4-9(7-18)17-14(19)13-12(16)10-3-2-8(15)6-11(10)20-13/h2-3,6,9H,4-5,7,16H2,1H3,(H,17,19). The second-order valence-electron chi connectivity index (χ2n) is 5.21. The fourth-order valence-electron chi connectivity index (χ4n) is 2.56. The molecule has 0 radical (unpaired) electrons. The zero-order chi connectivity index (χ0) is 14.3. The van der Waals surface area contributed by atoms with Crippen molar-refractivity contribution in [1.82, 2.24) is 10.2 Å². The van der Waals surface area contributed by atoms with Crippen LogP contribution >= 0.6 is 22.9 Å². The second-order valence-corrected chi connectivity index (χ2v) is 6.70. The Labute approximate surface area is 126 Å². The molecule has 1 atom stereocenters. The molecule has 6 heteroatoms. The van der Waals surface area contributed by atoms with E-state index in [9.17, 15) is 4.79 Å². The van der Waals surface area contributed by atoms with E-state index in [1.54, 1.807) is 6.07 Å². The van der Waals surface area contributed by atoms with E-state index >= 15 is 0 Å². The lowest BCUT2D eigenvalue weighted by Gasteiger charge is -2.12. The largest absolute Gasteiger partial charge is 0.397 e. The summed E-state index contributed by atoms with van der Waals surface area (Å²) in [6.07, 6.45) is 0.985. The van der Waals surface area contributed by atoms with Gasteiger partial charge in [-0.25, -0.2) is 0 Å². The SMILES string of the molecule is CN1CCC(NC(=O)c2sc3cc(Cl)ccc3c2N)C1. The molecule has 1 unspecified atom stereocenters. The van der Waals surface area contributed by atoms with Crippen molar-refractivity contribution in [3.63, 3.8) is 0 Å². The van der Waals surface area contributed by atoms with Crippen LogP contribution in [0, 0.1) is 0 Å². The van der Waals surface area contributed by atoms with Crippen LogP contribution in [0.3, 0.4) is 0 Å². The van der Waals surface area contributed by atoms with Gasteiger partial charge in [0.25, 0.3) is 5.91 Å². The maximum Gasteiger partial charge on any atom is 0.263 e. The fraction of sp³-hybridized carbons (Fsp3) is 0.357. The first-order valence-electron chi connectivity index (χ1n) is 6.51. The van der Waals surface area contributed by atoms with Crippen molar-refractivity contribution in [2.24, 2.45) is 0 Å². The van der Waals surface area contributed by atoms with Crippen LogP contribution in [0.15, 0.2) is 18.2 Å². The van der Waals surface area contributed by atoms with Gasteiger partial charge in [-0.3, -0.25) is 4.79 Å². The van der Waals surface area contributed by atoms with Gasteiger partial charge in [-0.1, -0.05) is 11.6 Å². The van der Waals surface area contributed by atoms with Crippen LogP contribution in [-0.2, 0) is 0 Å². The number of carbonyl (C=O) groups is 1. The number of nitrogens with two attached hydrogens (primary N) is 1. The van der Waals surface area contributed by atoms with E-state index < -0.39 is 0 Å². The van der Waals surface area contributed by atoms with E-state index in [1.165, 1.54) is 11.3 Å². The van der Waals surface area contributed by atoms with Gasteiger partial charge in [-0.05, 0) is 38.2 Å². The normalized spacial score (nSPS) is 19.6. The van der Waals surface area contributed by atoms with Gasteiger partial charge in [0.05, 0.1) is 5.69 Å². The van der Waals surface area contributed by atoms with Crippen LogP contribution in [0.4, 0.5) is 5.69 Å². The minimum Gasteiger partial charge on any atom is -0.397 e. The topological polar surface area (TPSA) is 58.4 Å². The number of anilines is 1. The van der Waals surface area contributed by atoms with Crippen molar-refractivity contribution < 1.29 is 4.79 Å². The average Bonchev–Trinajstić information content (AvgIpc) is 2.94. The molecule has 2 heterocycles. The molecule has 1 amide bonds. The summed E-state index contributed by atoms with van der Waals surface area (Å²) in [5.74, 6) is -0.0832. The molecule has 1 saturated heterocycles. The highest BCUT2D eigenvalue weighted by molar-refractivity contribution is 7.21. The number of fused-ring (bicyclic) bond motifs is 1. The molecule has 1 aliphatic heterocycles. The third-order valence-electron chi connectivity index (χ3n) is 3.62. The van der Waals surface area contributed by atoms with Crippen LogP contribution in [0.5, 0.6) is 0 Å². The van der Waals surface area contributed by atoms with Gasteiger partial charge in [-0.2, -0.15) is 0 Å². The summed E-state index contributed by atoms with van der Waals surface area (Å²) in [5, 5.41) is 4.61. The number of thiophene rings is 1. The number of hydrogen-bond acceptors (Lipinski definition) is 4. The van der Waals surface area contributed by atoms with Crippen molar-refractivity contribution in [1.29, 1.82) is 0 Å². The molecule has 1 aromatic heterocycles.